The molecule has 8 nitrogen and oxygen atoms in total. The second-order valence-electron chi connectivity index (χ2n) is 10.9. The molecule has 0 unspecified atom stereocenters. The lowest BCUT2D eigenvalue weighted by Crippen LogP contribution is -2.30. The van der Waals surface area contributed by atoms with Crippen LogP contribution in [-0.4, -0.2) is 49.8 Å². The first-order valence-corrected chi connectivity index (χ1v) is 14.2. The van der Waals surface area contributed by atoms with Crippen molar-refractivity contribution in [2.75, 3.05) is 24.5 Å². The number of benzene rings is 1. The standard InChI is InChI=1S/C30H33FN8/c31-26-22(21-14-20(17-33-18-21)16-32-15-19-6-2-3-7-19)8-9-23-25(26)28(38-37-23)29-35-24-10-11-34-30(27(24)36-29)39-12-4-1-5-13-39/h8-11,14,17-19,32H,1-7,12-13,15-16H2,(H,35,36)(H,37,38). The van der Waals surface area contributed by atoms with E-state index in [1.165, 1.54) is 32.1 Å². The van der Waals surface area contributed by atoms with Gasteiger partial charge in [-0.05, 0) is 74.4 Å². The Morgan fingerprint density at radius 1 is 1.00 bits per heavy atom. The maximum atomic E-state index is 16.2. The van der Waals surface area contributed by atoms with Gasteiger partial charge in [0, 0.05) is 49.4 Å². The van der Waals surface area contributed by atoms with Crippen molar-refractivity contribution in [2.45, 2.75) is 51.5 Å². The third-order valence-corrected chi connectivity index (χ3v) is 8.27. The Bertz CT molecular complexity index is 1610. The van der Waals surface area contributed by atoms with Crippen LogP contribution in [0.2, 0.25) is 0 Å². The van der Waals surface area contributed by atoms with Gasteiger partial charge in [-0.2, -0.15) is 5.10 Å². The number of aromatic nitrogens is 6. The quantitative estimate of drug-likeness (QED) is 0.243. The Balaban J connectivity index is 1.21. The third-order valence-electron chi connectivity index (χ3n) is 8.27. The molecule has 2 aliphatic rings. The lowest BCUT2D eigenvalue weighted by atomic mass is 10.0. The molecule has 1 aromatic carbocycles. The van der Waals surface area contributed by atoms with Crippen LogP contribution in [0.3, 0.4) is 0 Å². The number of nitrogens with zero attached hydrogens (tertiary/aromatic N) is 5. The maximum absolute atomic E-state index is 16.2. The van der Waals surface area contributed by atoms with Gasteiger partial charge < -0.3 is 15.2 Å². The van der Waals surface area contributed by atoms with Crippen molar-refractivity contribution in [3.63, 3.8) is 0 Å². The van der Waals surface area contributed by atoms with Crippen LogP contribution in [-0.2, 0) is 6.54 Å². The molecule has 9 heteroatoms. The fourth-order valence-electron chi connectivity index (χ4n) is 6.20. The summed E-state index contributed by atoms with van der Waals surface area (Å²) in [6, 6.07) is 7.60. The summed E-state index contributed by atoms with van der Waals surface area (Å²) in [5, 5.41) is 11.5. The van der Waals surface area contributed by atoms with E-state index in [1.807, 2.05) is 24.4 Å². The number of hydrogen-bond acceptors (Lipinski definition) is 6. The average Bonchev–Trinajstić information content (AvgIpc) is 3.73. The molecule has 0 radical (unpaired) electrons. The van der Waals surface area contributed by atoms with Crippen LogP contribution in [0.5, 0.6) is 0 Å². The van der Waals surface area contributed by atoms with Gasteiger partial charge in [0.1, 0.15) is 17.0 Å². The van der Waals surface area contributed by atoms with E-state index in [0.29, 0.717) is 28.0 Å². The van der Waals surface area contributed by atoms with Gasteiger partial charge in [-0.15, -0.1) is 0 Å². The predicted molar refractivity (Wildman–Crippen MR) is 152 cm³/mol. The highest BCUT2D eigenvalue weighted by atomic mass is 19.1. The molecule has 1 aliphatic heterocycles. The van der Waals surface area contributed by atoms with E-state index in [4.69, 9.17) is 4.98 Å². The molecule has 5 aromatic rings. The molecule has 5 heterocycles. The summed E-state index contributed by atoms with van der Waals surface area (Å²) in [5.41, 5.74) is 5.06. The van der Waals surface area contributed by atoms with Crippen LogP contribution in [0.15, 0.2) is 42.9 Å². The van der Waals surface area contributed by atoms with Crippen LogP contribution in [0.25, 0.3) is 44.6 Å². The minimum atomic E-state index is -0.330. The minimum Gasteiger partial charge on any atom is -0.355 e. The summed E-state index contributed by atoms with van der Waals surface area (Å²) >= 11 is 0. The largest absolute Gasteiger partial charge is 0.355 e. The predicted octanol–water partition coefficient (Wildman–Crippen LogP) is 5.97. The van der Waals surface area contributed by atoms with Gasteiger partial charge in [0.2, 0.25) is 0 Å². The van der Waals surface area contributed by atoms with Gasteiger partial charge in [-0.1, -0.05) is 12.8 Å². The maximum Gasteiger partial charge on any atom is 0.159 e. The van der Waals surface area contributed by atoms with Gasteiger partial charge in [0.15, 0.2) is 11.6 Å². The average molecular weight is 525 g/mol. The molecule has 4 aromatic heterocycles. The van der Waals surface area contributed by atoms with Gasteiger partial charge in [-0.3, -0.25) is 10.1 Å². The van der Waals surface area contributed by atoms with Crippen LogP contribution in [0.1, 0.15) is 50.5 Å². The fourth-order valence-corrected chi connectivity index (χ4v) is 6.20. The lowest BCUT2D eigenvalue weighted by molar-refractivity contribution is 0.489. The first-order chi connectivity index (χ1) is 19.2. The van der Waals surface area contributed by atoms with E-state index < -0.39 is 0 Å². The Hall–Kier alpha value is -3.85. The molecule has 1 saturated carbocycles. The lowest BCUT2D eigenvalue weighted by Gasteiger charge is -2.27. The normalized spacial score (nSPS) is 16.6. The molecular formula is C30H33FN8. The van der Waals surface area contributed by atoms with Gasteiger partial charge in [0.25, 0.3) is 0 Å². The summed E-state index contributed by atoms with van der Waals surface area (Å²) in [5.74, 6) is 1.84. The van der Waals surface area contributed by atoms with Crippen molar-refractivity contribution in [3.05, 3.63) is 54.2 Å². The smallest absolute Gasteiger partial charge is 0.159 e. The molecule has 3 N–H and O–H groups in total. The summed E-state index contributed by atoms with van der Waals surface area (Å²) < 4.78 is 16.2. The SMILES string of the molecule is Fc1c(-c2cncc(CNCC3CCCC3)c2)ccc2[nH]nc(-c3nc4c(N5CCCCC5)nccc4[nH]3)c12. The fraction of sp³-hybridized carbons (Fsp3) is 0.400. The first kappa shape index (κ1) is 24.2. The highest BCUT2D eigenvalue weighted by Gasteiger charge is 2.22. The molecule has 0 spiro atoms. The molecule has 1 aliphatic carbocycles. The van der Waals surface area contributed by atoms with E-state index in [2.05, 4.69) is 35.4 Å². The molecule has 7 rings (SSSR count). The number of H-pyrrole nitrogens is 2. The summed E-state index contributed by atoms with van der Waals surface area (Å²) in [6.45, 7) is 3.70. The number of fused-ring (bicyclic) bond motifs is 2. The number of aromatic amines is 2. The molecule has 2 fully saturated rings. The monoisotopic (exact) mass is 524 g/mol. The molecule has 1 saturated heterocycles. The Labute approximate surface area is 226 Å². The highest BCUT2D eigenvalue weighted by molar-refractivity contribution is 5.97. The Morgan fingerprint density at radius 3 is 2.74 bits per heavy atom. The summed E-state index contributed by atoms with van der Waals surface area (Å²) in [4.78, 5) is 19.6. The number of imidazole rings is 1. The number of piperidine rings is 1. The number of halogens is 1. The van der Waals surface area contributed by atoms with E-state index in [-0.39, 0.29) is 5.82 Å². The summed E-state index contributed by atoms with van der Waals surface area (Å²) in [7, 11) is 0. The highest BCUT2D eigenvalue weighted by Crippen LogP contribution is 2.35. The Kier molecular flexibility index (Phi) is 6.44. The van der Waals surface area contributed by atoms with Crippen molar-refractivity contribution in [1.29, 1.82) is 0 Å². The van der Waals surface area contributed by atoms with E-state index in [0.717, 1.165) is 72.9 Å². The number of nitrogens with one attached hydrogen (secondary N) is 3. The third kappa shape index (κ3) is 4.65. The van der Waals surface area contributed by atoms with Crippen LogP contribution < -0.4 is 10.2 Å². The van der Waals surface area contributed by atoms with Crippen molar-refractivity contribution < 1.29 is 4.39 Å². The molecule has 200 valence electrons. The molecule has 0 atom stereocenters. The zero-order chi connectivity index (χ0) is 26.2. The van der Waals surface area contributed by atoms with Gasteiger partial charge in [-0.25, -0.2) is 14.4 Å². The molecule has 0 amide bonds. The van der Waals surface area contributed by atoms with Gasteiger partial charge in [0.05, 0.1) is 16.4 Å². The molecule has 39 heavy (non-hydrogen) atoms. The minimum absolute atomic E-state index is 0.330. The van der Waals surface area contributed by atoms with Crippen molar-refractivity contribution in [2.24, 2.45) is 5.92 Å². The zero-order valence-corrected chi connectivity index (χ0v) is 22.0. The van der Waals surface area contributed by atoms with Crippen molar-refractivity contribution in [3.8, 4) is 22.6 Å². The van der Waals surface area contributed by atoms with Crippen LogP contribution >= 0.6 is 0 Å². The van der Waals surface area contributed by atoms with Crippen molar-refractivity contribution in [1.82, 2.24) is 35.5 Å². The van der Waals surface area contributed by atoms with Crippen LogP contribution in [0, 0.1) is 11.7 Å². The number of anilines is 1. The molecule has 0 bridgehead atoms. The second-order valence-corrected chi connectivity index (χ2v) is 10.9. The second kappa shape index (κ2) is 10.4. The van der Waals surface area contributed by atoms with Crippen molar-refractivity contribution >= 4 is 27.8 Å². The van der Waals surface area contributed by atoms with Gasteiger partial charge >= 0.3 is 0 Å². The zero-order valence-electron chi connectivity index (χ0n) is 22.0. The van der Waals surface area contributed by atoms with E-state index in [1.54, 1.807) is 18.5 Å². The molecular weight excluding hydrogens is 491 g/mol. The number of pyridine rings is 2. The van der Waals surface area contributed by atoms with E-state index in [9.17, 15) is 0 Å². The first-order valence-electron chi connectivity index (χ1n) is 14.2. The van der Waals surface area contributed by atoms with E-state index >= 15 is 4.39 Å². The topological polar surface area (TPSA) is 98.4 Å². The Morgan fingerprint density at radius 2 is 1.87 bits per heavy atom. The summed E-state index contributed by atoms with van der Waals surface area (Å²) in [6.07, 6.45) is 14.2. The number of rotatable bonds is 7. The number of hydrogen-bond donors (Lipinski definition) is 3. The van der Waals surface area contributed by atoms with Crippen LogP contribution in [0.4, 0.5) is 10.2 Å².